The van der Waals surface area contributed by atoms with Crippen molar-refractivity contribution in [2.75, 3.05) is 19.7 Å². The second kappa shape index (κ2) is 6.15. The average Bonchev–Trinajstić information content (AvgIpc) is 2.43. The maximum Gasteiger partial charge on any atom is 0.277 e. The standard InChI is InChI=1S/C14H16N2O3/c1-2-15-9-10-19-14-8-7-13(16(17)18)11-5-3-4-6-12(11)14/h3-8,15H,2,9-10H2,1H3. The number of nitro benzene ring substituents is 1. The van der Waals surface area contributed by atoms with Crippen LogP contribution >= 0.6 is 0 Å². The molecule has 2 rings (SSSR count). The summed E-state index contributed by atoms with van der Waals surface area (Å²) in [5.74, 6) is 0.680. The summed E-state index contributed by atoms with van der Waals surface area (Å²) in [6.45, 7) is 4.21. The predicted molar refractivity (Wildman–Crippen MR) is 74.6 cm³/mol. The first kappa shape index (κ1) is 13.3. The molecule has 0 aliphatic heterocycles. The molecular weight excluding hydrogens is 244 g/mol. The van der Waals surface area contributed by atoms with E-state index in [9.17, 15) is 10.1 Å². The van der Waals surface area contributed by atoms with E-state index in [4.69, 9.17) is 4.74 Å². The number of nitro groups is 1. The summed E-state index contributed by atoms with van der Waals surface area (Å²) >= 11 is 0. The van der Waals surface area contributed by atoms with Crippen LogP contribution in [0.5, 0.6) is 5.75 Å². The molecule has 19 heavy (non-hydrogen) atoms. The Labute approximate surface area is 111 Å². The second-order valence-corrected chi connectivity index (χ2v) is 4.09. The predicted octanol–water partition coefficient (Wildman–Crippen LogP) is 2.74. The Morgan fingerprint density at radius 3 is 2.63 bits per heavy atom. The average molecular weight is 260 g/mol. The first-order chi connectivity index (χ1) is 9.24. The van der Waals surface area contributed by atoms with Crippen molar-refractivity contribution in [1.29, 1.82) is 0 Å². The molecule has 5 heteroatoms. The van der Waals surface area contributed by atoms with Crippen molar-refractivity contribution >= 4 is 16.5 Å². The lowest BCUT2D eigenvalue weighted by atomic mass is 10.1. The molecule has 0 bridgehead atoms. The highest BCUT2D eigenvalue weighted by Crippen LogP contribution is 2.32. The van der Waals surface area contributed by atoms with Crippen LogP contribution in [0.1, 0.15) is 6.92 Å². The summed E-state index contributed by atoms with van der Waals surface area (Å²) in [6.07, 6.45) is 0. The second-order valence-electron chi connectivity index (χ2n) is 4.09. The number of nitrogens with one attached hydrogen (secondary N) is 1. The fourth-order valence-corrected chi connectivity index (χ4v) is 1.95. The molecule has 0 amide bonds. The van der Waals surface area contributed by atoms with Crippen LogP contribution < -0.4 is 10.1 Å². The van der Waals surface area contributed by atoms with E-state index in [0.29, 0.717) is 17.7 Å². The minimum absolute atomic E-state index is 0.106. The monoisotopic (exact) mass is 260 g/mol. The first-order valence-corrected chi connectivity index (χ1v) is 6.23. The van der Waals surface area contributed by atoms with Gasteiger partial charge in [0, 0.05) is 18.0 Å². The zero-order valence-corrected chi connectivity index (χ0v) is 10.8. The van der Waals surface area contributed by atoms with Crippen LogP contribution in [-0.4, -0.2) is 24.6 Å². The van der Waals surface area contributed by atoms with Crippen molar-refractivity contribution in [1.82, 2.24) is 5.32 Å². The van der Waals surface area contributed by atoms with E-state index < -0.39 is 0 Å². The number of benzene rings is 2. The molecule has 0 spiro atoms. The third kappa shape index (κ3) is 3.00. The molecule has 2 aromatic rings. The zero-order valence-electron chi connectivity index (χ0n) is 10.8. The van der Waals surface area contributed by atoms with Gasteiger partial charge in [-0.15, -0.1) is 0 Å². The lowest BCUT2D eigenvalue weighted by Gasteiger charge is -2.09. The van der Waals surface area contributed by atoms with Crippen molar-refractivity contribution in [2.45, 2.75) is 6.92 Å². The Morgan fingerprint density at radius 1 is 1.21 bits per heavy atom. The quantitative estimate of drug-likeness (QED) is 0.492. The minimum atomic E-state index is -0.370. The molecule has 0 heterocycles. The van der Waals surface area contributed by atoms with Crippen molar-refractivity contribution in [2.24, 2.45) is 0 Å². The highest BCUT2D eigenvalue weighted by atomic mass is 16.6. The summed E-state index contributed by atoms with van der Waals surface area (Å²) in [6, 6.07) is 10.4. The van der Waals surface area contributed by atoms with Crippen molar-refractivity contribution in [3.05, 3.63) is 46.5 Å². The Balaban J connectivity index is 2.30. The Morgan fingerprint density at radius 2 is 1.95 bits per heavy atom. The van der Waals surface area contributed by atoms with Gasteiger partial charge in [-0.1, -0.05) is 25.1 Å². The van der Waals surface area contributed by atoms with Gasteiger partial charge in [0.2, 0.25) is 0 Å². The third-order valence-corrected chi connectivity index (χ3v) is 2.84. The Kier molecular flexibility index (Phi) is 4.30. The molecule has 0 aromatic heterocycles. The molecule has 1 N–H and O–H groups in total. The number of hydrogen-bond donors (Lipinski definition) is 1. The SMILES string of the molecule is CCNCCOc1ccc([N+](=O)[O-])c2ccccc12. The van der Waals surface area contributed by atoms with Gasteiger partial charge in [0.25, 0.3) is 5.69 Å². The summed E-state index contributed by atoms with van der Waals surface area (Å²) in [4.78, 5) is 10.6. The fraction of sp³-hybridized carbons (Fsp3) is 0.286. The minimum Gasteiger partial charge on any atom is -0.492 e. The van der Waals surface area contributed by atoms with Crippen molar-refractivity contribution in [3.8, 4) is 5.75 Å². The van der Waals surface area contributed by atoms with Crippen molar-refractivity contribution < 1.29 is 9.66 Å². The van der Waals surface area contributed by atoms with Gasteiger partial charge in [0.1, 0.15) is 12.4 Å². The maximum atomic E-state index is 11.0. The molecule has 0 saturated heterocycles. The number of fused-ring (bicyclic) bond motifs is 1. The van der Waals surface area contributed by atoms with Crippen molar-refractivity contribution in [3.63, 3.8) is 0 Å². The smallest absolute Gasteiger partial charge is 0.277 e. The molecule has 0 aliphatic rings. The normalized spacial score (nSPS) is 10.6. The molecule has 0 atom stereocenters. The zero-order chi connectivity index (χ0) is 13.7. The highest BCUT2D eigenvalue weighted by molar-refractivity contribution is 5.95. The van der Waals surface area contributed by atoms with Crippen LogP contribution in [0.2, 0.25) is 0 Å². The Hall–Kier alpha value is -2.14. The van der Waals surface area contributed by atoms with Gasteiger partial charge in [-0.05, 0) is 18.7 Å². The van der Waals surface area contributed by atoms with Gasteiger partial charge < -0.3 is 10.1 Å². The number of nitrogens with zero attached hydrogens (tertiary/aromatic N) is 1. The highest BCUT2D eigenvalue weighted by Gasteiger charge is 2.14. The molecule has 2 aromatic carbocycles. The molecule has 0 radical (unpaired) electrons. The topological polar surface area (TPSA) is 64.4 Å². The molecule has 5 nitrogen and oxygen atoms in total. The van der Waals surface area contributed by atoms with Crippen LogP contribution in [0.25, 0.3) is 10.8 Å². The summed E-state index contributed by atoms with van der Waals surface area (Å²) < 4.78 is 5.67. The van der Waals surface area contributed by atoms with Gasteiger partial charge >= 0.3 is 0 Å². The van der Waals surface area contributed by atoms with Gasteiger partial charge in [-0.2, -0.15) is 0 Å². The molecule has 100 valence electrons. The van der Waals surface area contributed by atoms with E-state index in [-0.39, 0.29) is 10.6 Å². The van der Waals surface area contributed by atoms with Gasteiger partial charge in [-0.3, -0.25) is 10.1 Å². The summed E-state index contributed by atoms with van der Waals surface area (Å²) in [5.41, 5.74) is 0.106. The summed E-state index contributed by atoms with van der Waals surface area (Å²) in [7, 11) is 0. The van der Waals surface area contributed by atoms with Gasteiger partial charge in [-0.25, -0.2) is 0 Å². The van der Waals surface area contributed by atoms with Crippen LogP contribution in [-0.2, 0) is 0 Å². The van der Waals surface area contributed by atoms with Crippen LogP contribution in [0.3, 0.4) is 0 Å². The van der Waals surface area contributed by atoms with E-state index in [1.54, 1.807) is 18.2 Å². The van der Waals surface area contributed by atoms with E-state index in [2.05, 4.69) is 5.32 Å². The van der Waals surface area contributed by atoms with Gasteiger partial charge in [0.15, 0.2) is 0 Å². The van der Waals surface area contributed by atoms with Crippen LogP contribution in [0, 0.1) is 10.1 Å². The first-order valence-electron chi connectivity index (χ1n) is 6.23. The lowest BCUT2D eigenvalue weighted by molar-refractivity contribution is -0.383. The number of hydrogen-bond acceptors (Lipinski definition) is 4. The number of ether oxygens (including phenoxy) is 1. The third-order valence-electron chi connectivity index (χ3n) is 2.84. The fourth-order valence-electron chi connectivity index (χ4n) is 1.95. The molecule has 0 fully saturated rings. The maximum absolute atomic E-state index is 11.0. The molecule has 0 unspecified atom stereocenters. The van der Waals surface area contributed by atoms with Crippen LogP contribution in [0.4, 0.5) is 5.69 Å². The van der Waals surface area contributed by atoms with E-state index in [1.807, 2.05) is 19.1 Å². The number of non-ortho nitro benzene ring substituents is 1. The molecule has 0 saturated carbocycles. The van der Waals surface area contributed by atoms with E-state index >= 15 is 0 Å². The molecular formula is C14H16N2O3. The lowest BCUT2D eigenvalue weighted by Crippen LogP contribution is -2.20. The summed E-state index contributed by atoms with van der Waals surface area (Å²) in [5, 5.41) is 15.5. The Bertz CT molecular complexity index is 584. The molecule has 0 aliphatic carbocycles. The van der Waals surface area contributed by atoms with Gasteiger partial charge in [0.05, 0.1) is 10.3 Å². The number of likely N-dealkylation sites (N-methyl/N-ethyl adjacent to an activating group) is 1. The van der Waals surface area contributed by atoms with Crippen LogP contribution in [0.15, 0.2) is 36.4 Å². The van der Waals surface area contributed by atoms with E-state index in [0.717, 1.165) is 18.5 Å². The largest absolute Gasteiger partial charge is 0.492 e. The number of rotatable bonds is 6. The van der Waals surface area contributed by atoms with E-state index in [1.165, 1.54) is 6.07 Å².